The Morgan fingerprint density at radius 1 is 1.18 bits per heavy atom. The van der Waals surface area contributed by atoms with E-state index in [1.807, 2.05) is 4.68 Å². The summed E-state index contributed by atoms with van der Waals surface area (Å²) in [7, 11) is 0. The Morgan fingerprint density at radius 2 is 1.86 bits per heavy atom. The molecular weight excluding hydrogens is 291 g/mol. The molecule has 0 fully saturated rings. The Labute approximate surface area is 127 Å². The zero-order valence-corrected chi connectivity index (χ0v) is 12.5. The van der Waals surface area contributed by atoms with Gasteiger partial charge in [-0.05, 0) is 26.0 Å². The van der Waals surface area contributed by atoms with Crippen LogP contribution in [0.2, 0.25) is 0 Å². The lowest BCUT2D eigenvalue weighted by Gasteiger charge is -2.17. The van der Waals surface area contributed by atoms with E-state index in [0.717, 1.165) is 41.9 Å². The summed E-state index contributed by atoms with van der Waals surface area (Å²) in [6.45, 7) is 5.73. The first-order valence-corrected chi connectivity index (χ1v) is 7.36. The molecule has 0 bridgehead atoms. The Bertz CT molecular complexity index is 669. The molecule has 0 unspecified atom stereocenters. The van der Waals surface area contributed by atoms with E-state index >= 15 is 0 Å². The number of nitrogens with one attached hydrogen (secondary N) is 1. The van der Waals surface area contributed by atoms with Gasteiger partial charge in [0.15, 0.2) is 0 Å². The van der Waals surface area contributed by atoms with Gasteiger partial charge in [0.1, 0.15) is 0 Å². The molecule has 0 spiro atoms. The van der Waals surface area contributed by atoms with Crippen LogP contribution in [-0.2, 0) is 19.1 Å². The second kappa shape index (κ2) is 5.43. The first-order valence-electron chi connectivity index (χ1n) is 7.36. The van der Waals surface area contributed by atoms with Crippen LogP contribution in [0, 0.1) is 0 Å². The first-order chi connectivity index (χ1) is 10.4. The van der Waals surface area contributed by atoms with E-state index in [4.69, 9.17) is 0 Å². The molecule has 22 heavy (non-hydrogen) atoms. The van der Waals surface area contributed by atoms with Gasteiger partial charge in [-0.1, -0.05) is 12.1 Å². The largest absolute Gasteiger partial charge is 0.416 e. The third-order valence-corrected chi connectivity index (χ3v) is 3.93. The van der Waals surface area contributed by atoms with Crippen LogP contribution >= 0.6 is 0 Å². The van der Waals surface area contributed by atoms with Crippen LogP contribution in [0.5, 0.6) is 0 Å². The fraction of sp³-hybridized carbons (Fsp3) is 0.438. The maximum absolute atomic E-state index is 12.7. The van der Waals surface area contributed by atoms with Crippen molar-refractivity contribution in [3.8, 4) is 11.3 Å². The summed E-state index contributed by atoms with van der Waals surface area (Å²) in [6.07, 6.45) is -3.42. The number of hydrogen-bond acceptors (Lipinski definition) is 2. The van der Waals surface area contributed by atoms with Crippen molar-refractivity contribution in [1.82, 2.24) is 15.1 Å². The van der Waals surface area contributed by atoms with E-state index in [9.17, 15) is 13.2 Å². The zero-order chi connectivity index (χ0) is 15.9. The number of halogens is 3. The van der Waals surface area contributed by atoms with Crippen LogP contribution in [0.15, 0.2) is 24.3 Å². The molecule has 118 valence electrons. The van der Waals surface area contributed by atoms with Crippen LogP contribution in [0.1, 0.15) is 36.7 Å². The predicted octanol–water partition coefficient (Wildman–Crippen LogP) is 3.80. The van der Waals surface area contributed by atoms with Gasteiger partial charge in [-0.2, -0.15) is 18.3 Å². The van der Waals surface area contributed by atoms with Crippen molar-refractivity contribution in [2.75, 3.05) is 6.54 Å². The van der Waals surface area contributed by atoms with Crippen LogP contribution < -0.4 is 5.32 Å². The van der Waals surface area contributed by atoms with E-state index in [2.05, 4.69) is 24.3 Å². The number of hydrogen-bond donors (Lipinski definition) is 1. The summed E-state index contributed by atoms with van der Waals surface area (Å²) >= 11 is 0. The normalized spacial score (nSPS) is 15.2. The summed E-state index contributed by atoms with van der Waals surface area (Å²) in [4.78, 5) is 0. The second-order valence-corrected chi connectivity index (χ2v) is 5.81. The van der Waals surface area contributed by atoms with Gasteiger partial charge in [-0.25, -0.2) is 0 Å². The minimum absolute atomic E-state index is 0.232. The van der Waals surface area contributed by atoms with Crippen LogP contribution in [0.4, 0.5) is 13.2 Å². The van der Waals surface area contributed by atoms with Crippen LogP contribution in [-0.4, -0.2) is 16.3 Å². The number of benzene rings is 1. The van der Waals surface area contributed by atoms with Crippen molar-refractivity contribution in [3.63, 3.8) is 0 Å². The summed E-state index contributed by atoms with van der Waals surface area (Å²) in [5, 5.41) is 7.95. The molecule has 0 atom stereocenters. The highest BCUT2D eigenvalue weighted by Gasteiger charge is 2.30. The van der Waals surface area contributed by atoms with Crippen LogP contribution in [0.3, 0.4) is 0 Å². The monoisotopic (exact) mass is 309 g/mol. The topological polar surface area (TPSA) is 29.9 Å². The molecule has 6 heteroatoms. The Morgan fingerprint density at radius 3 is 2.45 bits per heavy atom. The lowest BCUT2D eigenvalue weighted by molar-refractivity contribution is -0.137. The van der Waals surface area contributed by atoms with Gasteiger partial charge >= 0.3 is 6.18 Å². The Balaban J connectivity index is 2.05. The first kappa shape index (κ1) is 15.1. The van der Waals surface area contributed by atoms with E-state index in [1.54, 1.807) is 0 Å². The van der Waals surface area contributed by atoms with Gasteiger partial charge in [0.05, 0.1) is 11.3 Å². The van der Waals surface area contributed by atoms with Gasteiger partial charge in [0, 0.05) is 42.4 Å². The van der Waals surface area contributed by atoms with Crippen molar-refractivity contribution >= 4 is 0 Å². The van der Waals surface area contributed by atoms with Gasteiger partial charge in [0.25, 0.3) is 0 Å². The quantitative estimate of drug-likeness (QED) is 0.914. The third kappa shape index (κ3) is 2.63. The fourth-order valence-corrected chi connectivity index (χ4v) is 2.85. The molecule has 1 aliphatic rings. The molecule has 3 rings (SSSR count). The minimum Gasteiger partial charge on any atom is -0.312 e. The standard InChI is InChI=1S/C16H18F3N3/c1-10(2)22-14-7-8-20-9-13(14)15(21-22)11-3-5-12(6-4-11)16(17,18)19/h3-6,10,20H,7-9H2,1-2H3. The van der Waals surface area contributed by atoms with Crippen molar-refractivity contribution in [1.29, 1.82) is 0 Å². The number of nitrogens with zero attached hydrogens (tertiary/aromatic N) is 2. The van der Waals surface area contributed by atoms with E-state index < -0.39 is 11.7 Å². The number of alkyl halides is 3. The molecule has 0 aliphatic carbocycles. The van der Waals surface area contributed by atoms with E-state index in [-0.39, 0.29) is 6.04 Å². The Kier molecular flexibility index (Phi) is 3.72. The molecule has 3 nitrogen and oxygen atoms in total. The number of rotatable bonds is 2. The molecule has 1 aromatic carbocycles. The summed E-state index contributed by atoms with van der Waals surface area (Å²) in [5.41, 5.74) is 3.16. The van der Waals surface area contributed by atoms with E-state index in [0.29, 0.717) is 6.54 Å². The summed E-state index contributed by atoms with van der Waals surface area (Å²) in [6, 6.07) is 5.48. The average Bonchev–Trinajstić information content (AvgIpc) is 2.86. The molecule has 0 saturated heterocycles. The van der Waals surface area contributed by atoms with Crippen molar-refractivity contribution in [2.45, 2.75) is 39.0 Å². The van der Waals surface area contributed by atoms with Gasteiger partial charge in [-0.3, -0.25) is 4.68 Å². The zero-order valence-electron chi connectivity index (χ0n) is 12.5. The highest BCUT2D eigenvalue weighted by Crippen LogP contribution is 2.33. The molecule has 0 amide bonds. The molecule has 0 saturated carbocycles. The van der Waals surface area contributed by atoms with Gasteiger partial charge in [0.2, 0.25) is 0 Å². The average molecular weight is 309 g/mol. The molecule has 1 aromatic heterocycles. The smallest absolute Gasteiger partial charge is 0.312 e. The lowest BCUT2D eigenvalue weighted by atomic mass is 10.0. The highest BCUT2D eigenvalue weighted by atomic mass is 19.4. The molecule has 1 aliphatic heterocycles. The number of aromatic nitrogens is 2. The van der Waals surface area contributed by atoms with Gasteiger partial charge in [-0.15, -0.1) is 0 Å². The number of fused-ring (bicyclic) bond motifs is 1. The third-order valence-electron chi connectivity index (χ3n) is 3.93. The second-order valence-electron chi connectivity index (χ2n) is 5.81. The molecule has 1 N–H and O–H groups in total. The van der Waals surface area contributed by atoms with Crippen molar-refractivity contribution in [2.24, 2.45) is 0 Å². The highest BCUT2D eigenvalue weighted by molar-refractivity contribution is 5.65. The maximum Gasteiger partial charge on any atom is 0.416 e. The molecule has 0 radical (unpaired) electrons. The summed E-state index contributed by atoms with van der Waals surface area (Å²) < 4.78 is 40.0. The summed E-state index contributed by atoms with van der Waals surface area (Å²) in [5.74, 6) is 0. The lowest BCUT2D eigenvalue weighted by Crippen LogP contribution is -2.25. The van der Waals surface area contributed by atoms with Gasteiger partial charge < -0.3 is 5.32 Å². The SMILES string of the molecule is CC(C)n1nc(-c2ccc(C(F)(F)F)cc2)c2c1CCNC2. The van der Waals surface area contributed by atoms with Crippen LogP contribution in [0.25, 0.3) is 11.3 Å². The molecule has 2 aromatic rings. The fourth-order valence-electron chi connectivity index (χ4n) is 2.85. The van der Waals surface area contributed by atoms with Crippen molar-refractivity contribution < 1.29 is 13.2 Å². The van der Waals surface area contributed by atoms with Crippen molar-refractivity contribution in [3.05, 3.63) is 41.1 Å². The Hall–Kier alpha value is -1.82. The maximum atomic E-state index is 12.7. The molecule has 2 heterocycles. The van der Waals surface area contributed by atoms with E-state index in [1.165, 1.54) is 17.8 Å². The minimum atomic E-state index is -4.31. The molecular formula is C16H18F3N3. The predicted molar refractivity (Wildman–Crippen MR) is 78.5 cm³/mol.